The van der Waals surface area contributed by atoms with Crippen LogP contribution in [0.5, 0.6) is 0 Å². The van der Waals surface area contributed by atoms with Crippen LogP contribution in [0.2, 0.25) is 0 Å². The van der Waals surface area contributed by atoms with Gasteiger partial charge in [0, 0.05) is 17.1 Å². The molecule has 1 aromatic heterocycles. The normalized spacial score (nSPS) is 11.0. The van der Waals surface area contributed by atoms with Crippen LogP contribution in [0.4, 0.5) is 0 Å². The minimum Gasteiger partial charge on any atom is -0.294 e. The summed E-state index contributed by atoms with van der Waals surface area (Å²) >= 11 is 7.09. The lowest BCUT2D eigenvalue weighted by molar-refractivity contribution is 0.0990. The van der Waals surface area contributed by atoms with Gasteiger partial charge in [-0.3, -0.25) is 9.48 Å². The highest BCUT2D eigenvalue weighted by molar-refractivity contribution is 9.10. The summed E-state index contributed by atoms with van der Waals surface area (Å²) in [5.41, 5.74) is 4.83. The van der Waals surface area contributed by atoms with Crippen molar-refractivity contribution < 1.29 is 4.79 Å². The number of halogens is 2. The molecule has 0 radical (unpaired) electrons. The van der Waals surface area contributed by atoms with E-state index in [1.807, 2.05) is 33.0 Å². The number of hydrogen-bond acceptors (Lipinski definition) is 2. The Morgan fingerprint density at radius 3 is 2.24 bits per heavy atom. The molecule has 0 spiro atoms. The van der Waals surface area contributed by atoms with Crippen LogP contribution in [0, 0.1) is 13.8 Å². The number of ketones is 1. The predicted molar refractivity (Wildman–Crippen MR) is 91.9 cm³/mol. The number of nitrogens with zero attached hydrogens (tertiary/aromatic N) is 2. The first kappa shape index (κ1) is 16.4. The van der Waals surface area contributed by atoms with Crippen molar-refractivity contribution in [1.29, 1.82) is 0 Å². The average Bonchev–Trinajstić information content (AvgIpc) is 2.71. The molecule has 21 heavy (non-hydrogen) atoms. The van der Waals surface area contributed by atoms with Gasteiger partial charge in [0.15, 0.2) is 5.78 Å². The van der Waals surface area contributed by atoms with E-state index in [4.69, 9.17) is 0 Å². The molecule has 0 bridgehead atoms. The Morgan fingerprint density at radius 2 is 1.76 bits per heavy atom. The number of hydrogen-bond donors (Lipinski definition) is 0. The van der Waals surface area contributed by atoms with Crippen LogP contribution in [0.15, 0.2) is 21.1 Å². The fourth-order valence-electron chi connectivity index (χ4n) is 2.37. The third-order valence-corrected chi connectivity index (χ3v) is 5.76. The van der Waals surface area contributed by atoms with Crippen molar-refractivity contribution >= 4 is 37.6 Å². The molecule has 0 aliphatic rings. The van der Waals surface area contributed by atoms with Gasteiger partial charge in [-0.15, -0.1) is 0 Å². The van der Waals surface area contributed by atoms with Crippen LogP contribution >= 0.6 is 31.9 Å². The first-order valence-electron chi connectivity index (χ1n) is 6.85. The molecule has 0 aliphatic carbocycles. The maximum atomic E-state index is 12.6. The number of carbonyl (C=O) groups excluding carboxylic acids is 1. The van der Waals surface area contributed by atoms with Crippen molar-refractivity contribution in [2.24, 2.45) is 7.05 Å². The first-order valence-corrected chi connectivity index (χ1v) is 8.43. The molecular weight excluding hydrogens is 396 g/mol. The SMILES string of the molecule is CCc1nn(C)c(CC(=O)c2cc(C)c(Br)c(C)c2)c1Br. The lowest BCUT2D eigenvalue weighted by atomic mass is 10.0. The lowest BCUT2D eigenvalue weighted by Gasteiger charge is -2.08. The Labute approximate surface area is 142 Å². The fourth-order valence-corrected chi connectivity index (χ4v) is 3.36. The van der Waals surface area contributed by atoms with Crippen molar-refractivity contribution in [3.8, 4) is 0 Å². The van der Waals surface area contributed by atoms with Crippen LogP contribution in [0.3, 0.4) is 0 Å². The topological polar surface area (TPSA) is 34.9 Å². The molecule has 0 unspecified atom stereocenters. The minimum absolute atomic E-state index is 0.111. The molecule has 0 saturated carbocycles. The second-order valence-electron chi connectivity index (χ2n) is 5.21. The van der Waals surface area contributed by atoms with Crippen LogP contribution in [-0.4, -0.2) is 15.6 Å². The van der Waals surface area contributed by atoms with Crippen molar-refractivity contribution in [2.75, 3.05) is 0 Å². The maximum Gasteiger partial charge on any atom is 0.168 e. The van der Waals surface area contributed by atoms with E-state index in [1.165, 1.54) is 0 Å². The zero-order valence-electron chi connectivity index (χ0n) is 12.6. The van der Waals surface area contributed by atoms with Crippen LogP contribution in [0.25, 0.3) is 0 Å². The van der Waals surface area contributed by atoms with Crippen molar-refractivity contribution in [3.05, 3.63) is 49.2 Å². The van der Waals surface area contributed by atoms with Gasteiger partial charge in [-0.2, -0.15) is 5.10 Å². The number of benzene rings is 1. The van der Waals surface area contributed by atoms with Gasteiger partial charge in [0.25, 0.3) is 0 Å². The summed E-state index contributed by atoms with van der Waals surface area (Å²) in [5, 5.41) is 4.43. The van der Waals surface area contributed by atoms with E-state index in [0.717, 1.165) is 43.4 Å². The highest BCUT2D eigenvalue weighted by Gasteiger charge is 2.17. The van der Waals surface area contributed by atoms with Crippen LogP contribution in [0.1, 0.15) is 39.8 Å². The Morgan fingerprint density at radius 1 is 1.19 bits per heavy atom. The summed E-state index contributed by atoms with van der Waals surface area (Å²) in [6, 6.07) is 3.87. The van der Waals surface area contributed by atoms with Crippen molar-refractivity contribution in [1.82, 2.24) is 9.78 Å². The third kappa shape index (κ3) is 3.29. The van der Waals surface area contributed by atoms with Gasteiger partial charge in [0.2, 0.25) is 0 Å². The molecule has 2 aromatic rings. The second-order valence-corrected chi connectivity index (χ2v) is 6.79. The largest absolute Gasteiger partial charge is 0.294 e. The van der Waals surface area contributed by atoms with Gasteiger partial charge >= 0.3 is 0 Å². The van der Waals surface area contributed by atoms with E-state index in [0.29, 0.717) is 6.42 Å². The smallest absolute Gasteiger partial charge is 0.168 e. The molecule has 5 heteroatoms. The molecule has 0 fully saturated rings. The number of aryl methyl sites for hydroxylation is 4. The molecule has 0 amide bonds. The molecule has 1 aromatic carbocycles. The molecule has 2 rings (SSSR count). The maximum absolute atomic E-state index is 12.6. The Kier molecular flexibility index (Phi) is 5.04. The number of Topliss-reactive ketones (excluding diaryl/α,β-unsaturated/α-hetero) is 1. The van der Waals surface area contributed by atoms with Gasteiger partial charge in [-0.25, -0.2) is 0 Å². The first-order chi connectivity index (χ1) is 9.85. The van der Waals surface area contributed by atoms with E-state index < -0.39 is 0 Å². The zero-order valence-corrected chi connectivity index (χ0v) is 15.8. The molecule has 112 valence electrons. The Bertz CT molecular complexity index is 682. The number of rotatable bonds is 4. The van der Waals surface area contributed by atoms with Gasteiger partial charge in [0.1, 0.15) is 0 Å². The van der Waals surface area contributed by atoms with Crippen LogP contribution < -0.4 is 0 Å². The monoisotopic (exact) mass is 412 g/mol. The summed E-state index contributed by atoms with van der Waals surface area (Å²) in [6.07, 6.45) is 1.20. The molecular formula is C16H18Br2N2O. The highest BCUT2D eigenvalue weighted by Crippen LogP contribution is 2.26. The molecule has 3 nitrogen and oxygen atoms in total. The summed E-state index contributed by atoms with van der Waals surface area (Å²) in [4.78, 5) is 12.6. The van der Waals surface area contributed by atoms with E-state index in [1.54, 1.807) is 4.68 Å². The van der Waals surface area contributed by atoms with E-state index in [9.17, 15) is 4.79 Å². The van der Waals surface area contributed by atoms with E-state index in [2.05, 4.69) is 43.9 Å². The molecule has 0 saturated heterocycles. The summed E-state index contributed by atoms with van der Waals surface area (Å²) in [5.74, 6) is 0.111. The fraction of sp³-hybridized carbons (Fsp3) is 0.375. The minimum atomic E-state index is 0.111. The quantitative estimate of drug-likeness (QED) is 0.689. The van der Waals surface area contributed by atoms with E-state index >= 15 is 0 Å². The standard InChI is InChI=1S/C16H18Br2N2O/c1-5-12-16(18)13(20(4)19-12)8-14(21)11-6-9(2)15(17)10(3)7-11/h6-7H,5,8H2,1-4H3. The molecule has 0 atom stereocenters. The van der Waals surface area contributed by atoms with Crippen LogP contribution in [-0.2, 0) is 19.9 Å². The highest BCUT2D eigenvalue weighted by atomic mass is 79.9. The molecule has 1 heterocycles. The second kappa shape index (κ2) is 6.44. The Balaban J connectivity index is 2.33. The zero-order chi connectivity index (χ0) is 15.7. The van der Waals surface area contributed by atoms with Gasteiger partial charge in [0.05, 0.1) is 22.3 Å². The van der Waals surface area contributed by atoms with Gasteiger partial charge < -0.3 is 0 Å². The predicted octanol–water partition coefficient (Wildman–Crippen LogP) is 4.55. The average molecular weight is 414 g/mol. The summed E-state index contributed by atoms with van der Waals surface area (Å²) in [6.45, 7) is 6.06. The summed E-state index contributed by atoms with van der Waals surface area (Å²) in [7, 11) is 1.88. The number of carbonyl (C=O) groups is 1. The molecule has 0 aliphatic heterocycles. The Hall–Kier alpha value is -0.940. The lowest BCUT2D eigenvalue weighted by Crippen LogP contribution is -2.09. The number of aromatic nitrogens is 2. The van der Waals surface area contributed by atoms with E-state index in [-0.39, 0.29) is 5.78 Å². The van der Waals surface area contributed by atoms with Crippen molar-refractivity contribution in [3.63, 3.8) is 0 Å². The van der Waals surface area contributed by atoms with Crippen molar-refractivity contribution in [2.45, 2.75) is 33.6 Å². The third-order valence-electron chi connectivity index (χ3n) is 3.59. The van der Waals surface area contributed by atoms with Gasteiger partial charge in [-0.1, -0.05) is 22.9 Å². The molecule has 0 N–H and O–H groups in total. The van der Waals surface area contributed by atoms with Gasteiger partial charge in [-0.05, 0) is 59.5 Å². The summed E-state index contributed by atoms with van der Waals surface area (Å²) < 4.78 is 3.81.